The lowest BCUT2D eigenvalue weighted by atomic mass is 10.0. The van der Waals surface area contributed by atoms with Crippen LogP contribution in [0.15, 0.2) is 0 Å². The lowest BCUT2D eigenvalue weighted by molar-refractivity contribution is -0.238. The molecule has 0 aliphatic rings. The monoisotopic (exact) mass is 292 g/mol. The Hall–Kier alpha value is -0.620. The van der Waals surface area contributed by atoms with Crippen molar-refractivity contribution in [2.45, 2.75) is 24.4 Å². The van der Waals surface area contributed by atoms with Crippen LogP contribution < -0.4 is 0 Å². The van der Waals surface area contributed by atoms with Gasteiger partial charge in [-0.05, 0) is 0 Å². The summed E-state index contributed by atoms with van der Waals surface area (Å²) in [7, 11) is -5.13. The molecular formula is C6H13O11P. The second-order valence-corrected chi connectivity index (χ2v) is 4.27. The highest BCUT2D eigenvalue weighted by Crippen LogP contribution is 2.36. The number of aliphatic hydroxyl groups excluding tert-OH is 5. The van der Waals surface area contributed by atoms with Crippen LogP contribution in [0.25, 0.3) is 0 Å². The molecule has 18 heavy (non-hydrogen) atoms. The molecule has 0 aliphatic carbocycles. The van der Waals surface area contributed by atoms with Gasteiger partial charge >= 0.3 is 13.8 Å². The van der Waals surface area contributed by atoms with Crippen molar-refractivity contribution in [1.82, 2.24) is 0 Å². The fourth-order valence-electron chi connectivity index (χ4n) is 0.796. The van der Waals surface area contributed by atoms with Crippen LogP contribution in [0.5, 0.6) is 0 Å². The van der Waals surface area contributed by atoms with Crippen molar-refractivity contribution in [3.05, 3.63) is 0 Å². The van der Waals surface area contributed by atoms with Crippen molar-refractivity contribution in [1.29, 1.82) is 0 Å². The molecule has 4 atom stereocenters. The van der Waals surface area contributed by atoms with Gasteiger partial charge in [0, 0.05) is 0 Å². The second-order valence-electron chi connectivity index (χ2n) is 3.14. The van der Waals surface area contributed by atoms with E-state index >= 15 is 0 Å². The predicted molar refractivity (Wildman–Crippen MR) is 50.3 cm³/mol. The van der Waals surface area contributed by atoms with E-state index in [1.807, 2.05) is 0 Å². The minimum Gasteiger partial charge on any atom is -0.394 e. The third kappa shape index (κ3) is 5.82. The zero-order chi connectivity index (χ0) is 14.5. The maximum Gasteiger partial charge on any atom is 0.505 e. The molecule has 0 aromatic rings. The highest BCUT2D eigenvalue weighted by molar-refractivity contribution is 7.46. The number of carbonyl (C=O) groups is 1. The molecule has 0 fully saturated rings. The third-order valence-corrected chi connectivity index (χ3v) is 1.98. The molecule has 0 aromatic heterocycles. The van der Waals surface area contributed by atoms with E-state index in [4.69, 9.17) is 35.3 Å². The van der Waals surface area contributed by atoms with Gasteiger partial charge in [0.05, 0.1) is 6.61 Å². The molecule has 0 radical (unpaired) electrons. The Bertz CT molecular complexity index is 313. The smallest absolute Gasteiger partial charge is 0.394 e. The van der Waals surface area contributed by atoms with Crippen LogP contribution in [0.4, 0.5) is 0 Å². The molecule has 0 spiro atoms. The molecule has 0 rings (SSSR count). The molecule has 0 aromatic carbocycles. The van der Waals surface area contributed by atoms with Crippen molar-refractivity contribution < 1.29 is 54.2 Å². The van der Waals surface area contributed by atoms with E-state index < -0.39 is 44.8 Å². The Balaban J connectivity index is 4.41. The summed E-state index contributed by atoms with van der Waals surface area (Å²) in [4.78, 5) is 30.7. The lowest BCUT2D eigenvalue weighted by Crippen LogP contribution is -2.49. The van der Waals surface area contributed by atoms with Crippen LogP contribution in [0.2, 0.25) is 0 Å². The minimum absolute atomic E-state index is 0.959. The van der Waals surface area contributed by atoms with Gasteiger partial charge in [-0.3, -0.25) is 4.89 Å². The summed E-state index contributed by atoms with van der Waals surface area (Å²) in [6, 6.07) is 0. The van der Waals surface area contributed by atoms with Crippen molar-refractivity contribution in [2.75, 3.05) is 6.61 Å². The van der Waals surface area contributed by atoms with E-state index in [9.17, 15) is 9.36 Å². The van der Waals surface area contributed by atoms with Crippen LogP contribution in [0, 0.1) is 0 Å². The zero-order valence-corrected chi connectivity index (χ0v) is 9.62. The molecule has 108 valence electrons. The highest BCUT2D eigenvalue weighted by Gasteiger charge is 2.36. The first kappa shape index (κ1) is 17.4. The quantitative estimate of drug-likeness (QED) is 0.137. The molecular weight excluding hydrogens is 279 g/mol. The van der Waals surface area contributed by atoms with Gasteiger partial charge in [-0.25, -0.2) is 9.36 Å². The van der Waals surface area contributed by atoms with Crippen molar-refractivity contribution in [2.24, 2.45) is 0 Å². The summed E-state index contributed by atoms with van der Waals surface area (Å²) in [5.74, 6) is -1.81. The van der Waals surface area contributed by atoms with Gasteiger partial charge in [0.2, 0.25) is 0 Å². The first-order chi connectivity index (χ1) is 8.10. The molecule has 0 bridgehead atoms. The van der Waals surface area contributed by atoms with E-state index in [2.05, 4.69) is 9.56 Å². The topological polar surface area (TPSA) is 194 Å². The molecule has 11 nitrogen and oxygen atoms in total. The Morgan fingerprint density at radius 2 is 1.61 bits per heavy atom. The maximum absolute atomic E-state index is 10.9. The predicted octanol–water partition coefficient (Wildman–Crippen LogP) is -4.01. The largest absolute Gasteiger partial charge is 0.505 e. The van der Waals surface area contributed by atoms with Crippen LogP contribution in [-0.4, -0.2) is 72.3 Å². The summed E-state index contributed by atoms with van der Waals surface area (Å²) in [5.41, 5.74) is 0. The van der Waals surface area contributed by atoms with E-state index in [-0.39, 0.29) is 0 Å². The van der Waals surface area contributed by atoms with E-state index in [1.165, 1.54) is 0 Å². The van der Waals surface area contributed by atoms with Crippen molar-refractivity contribution in [3.8, 4) is 0 Å². The maximum atomic E-state index is 10.9. The number of hydrogen-bond acceptors (Lipinski definition) is 9. The molecule has 0 saturated heterocycles. The van der Waals surface area contributed by atoms with E-state index in [1.54, 1.807) is 0 Å². The van der Waals surface area contributed by atoms with Gasteiger partial charge in [-0.15, -0.1) is 0 Å². The summed E-state index contributed by atoms with van der Waals surface area (Å²) in [6.45, 7) is -0.959. The lowest BCUT2D eigenvalue weighted by Gasteiger charge is -2.23. The first-order valence-electron chi connectivity index (χ1n) is 4.39. The first-order valence-corrected chi connectivity index (χ1v) is 5.92. The normalized spacial score (nSPS) is 18.8. The number of aliphatic hydroxyl groups is 5. The Labute approximate surface area is 100.0 Å². The summed E-state index contributed by atoms with van der Waals surface area (Å²) in [6.07, 6.45) is -8.65. The van der Waals surface area contributed by atoms with Gasteiger partial charge < -0.3 is 35.3 Å². The van der Waals surface area contributed by atoms with Gasteiger partial charge in [0.1, 0.15) is 18.3 Å². The van der Waals surface area contributed by atoms with Crippen LogP contribution in [0.1, 0.15) is 0 Å². The van der Waals surface area contributed by atoms with Crippen LogP contribution in [-0.2, 0) is 18.9 Å². The average Bonchev–Trinajstić information content (AvgIpc) is 2.31. The van der Waals surface area contributed by atoms with E-state index in [0.29, 0.717) is 0 Å². The van der Waals surface area contributed by atoms with Crippen LogP contribution >= 0.6 is 7.82 Å². The summed E-state index contributed by atoms with van der Waals surface area (Å²) in [5, 5.41) is 44.7. The van der Waals surface area contributed by atoms with Gasteiger partial charge in [0.15, 0.2) is 6.10 Å². The molecule has 0 heterocycles. The van der Waals surface area contributed by atoms with Gasteiger partial charge in [0.25, 0.3) is 0 Å². The SMILES string of the molecule is O=C(OOP(=O)(O)O)C(O)C(O)C(O)C(O)CO. The Morgan fingerprint density at radius 1 is 1.11 bits per heavy atom. The standard InChI is InChI=1S/C6H13O11P/c7-1-2(8)3(9)4(10)5(11)6(12)16-17-18(13,14)15/h2-5,7-11H,1H2,(H2,13,14,15). The van der Waals surface area contributed by atoms with Gasteiger partial charge in [-0.2, -0.15) is 0 Å². The van der Waals surface area contributed by atoms with Gasteiger partial charge in [-0.1, -0.05) is 4.67 Å². The molecule has 0 aliphatic heterocycles. The van der Waals surface area contributed by atoms with E-state index in [0.717, 1.165) is 0 Å². The number of hydrogen-bond donors (Lipinski definition) is 7. The van der Waals surface area contributed by atoms with Crippen LogP contribution in [0.3, 0.4) is 0 Å². The second kappa shape index (κ2) is 7.09. The number of rotatable bonds is 7. The third-order valence-electron chi connectivity index (χ3n) is 1.71. The fraction of sp³-hybridized carbons (Fsp3) is 0.833. The van der Waals surface area contributed by atoms with Crippen molar-refractivity contribution >= 4 is 13.8 Å². The Kier molecular flexibility index (Phi) is 6.84. The average molecular weight is 292 g/mol. The molecule has 7 N–H and O–H groups in total. The summed E-state index contributed by atoms with van der Waals surface area (Å²) < 4.78 is 13.4. The number of carbonyl (C=O) groups excluding carboxylic acids is 1. The molecule has 12 heteroatoms. The zero-order valence-electron chi connectivity index (χ0n) is 8.73. The fourth-order valence-corrected chi connectivity index (χ4v) is 0.967. The molecule has 4 unspecified atom stereocenters. The molecule has 0 amide bonds. The summed E-state index contributed by atoms with van der Waals surface area (Å²) >= 11 is 0. The minimum atomic E-state index is -5.13. The molecule has 0 saturated carbocycles. The number of phosphoric acid groups is 1. The Morgan fingerprint density at radius 3 is 2.00 bits per heavy atom. The van der Waals surface area contributed by atoms with Crippen molar-refractivity contribution in [3.63, 3.8) is 0 Å². The highest BCUT2D eigenvalue weighted by atomic mass is 31.2.